The second-order valence-electron chi connectivity index (χ2n) is 7.56. The van der Waals surface area contributed by atoms with E-state index in [9.17, 15) is 13.6 Å². The van der Waals surface area contributed by atoms with Crippen molar-refractivity contribution in [2.24, 2.45) is 0 Å². The van der Waals surface area contributed by atoms with Gasteiger partial charge in [-0.15, -0.1) is 0 Å². The number of alkyl halides is 2. The number of hydrogen-bond acceptors (Lipinski definition) is 8. The van der Waals surface area contributed by atoms with E-state index in [1.807, 2.05) is 17.0 Å². The smallest absolute Gasteiger partial charge is 0.387 e. The molecule has 5 heterocycles. The molecular weight excluding hydrogens is 420 g/mol. The number of pyridine rings is 2. The zero-order valence-electron chi connectivity index (χ0n) is 16.9. The van der Waals surface area contributed by atoms with E-state index in [2.05, 4.69) is 36.5 Å². The van der Waals surface area contributed by atoms with Crippen molar-refractivity contribution in [1.82, 2.24) is 24.8 Å². The molecule has 3 aromatic heterocycles. The van der Waals surface area contributed by atoms with Crippen LogP contribution >= 0.6 is 0 Å². The third-order valence-electron chi connectivity index (χ3n) is 5.66. The Bertz CT molecular complexity index is 1190. The summed E-state index contributed by atoms with van der Waals surface area (Å²) in [4.78, 5) is 33.3. The number of fused-ring (bicyclic) bond motifs is 3. The average Bonchev–Trinajstić information content (AvgIpc) is 3.39. The normalized spacial score (nSPS) is 19.6. The topological polar surface area (TPSA) is 96.4 Å². The van der Waals surface area contributed by atoms with Gasteiger partial charge < -0.3 is 19.9 Å². The van der Waals surface area contributed by atoms with Crippen LogP contribution in [-0.2, 0) is 4.79 Å². The summed E-state index contributed by atoms with van der Waals surface area (Å²) in [5.74, 6) is 1.07. The van der Waals surface area contributed by atoms with Gasteiger partial charge in [0, 0.05) is 19.2 Å². The van der Waals surface area contributed by atoms with Crippen molar-refractivity contribution >= 4 is 34.3 Å². The molecule has 164 valence electrons. The first-order valence-corrected chi connectivity index (χ1v) is 10.00. The van der Waals surface area contributed by atoms with Gasteiger partial charge in [0.25, 0.3) is 0 Å². The number of nitrogens with zero attached hydrogens (tertiary/aromatic N) is 6. The fourth-order valence-electron chi connectivity index (χ4n) is 4.31. The summed E-state index contributed by atoms with van der Waals surface area (Å²) in [7, 11) is 0. The quantitative estimate of drug-likeness (QED) is 0.586. The first-order chi connectivity index (χ1) is 15.5. The molecular formula is C21H19F2N7O2. The van der Waals surface area contributed by atoms with Crippen LogP contribution in [0.15, 0.2) is 49.6 Å². The lowest BCUT2D eigenvalue weighted by molar-refractivity contribution is -0.127. The van der Waals surface area contributed by atoms with Crippen LogP contribution in [0.5, 0.6) is 5.75 Å². The predicted octanol–water partition coefficient (Wildman–Crippen LogP) is 2.74. The summed E-state index contributed by atoms with van der Waals surface area (Å²) in [6.45, 7) is 1.96. The molecule has 11 heteroatoms. The van der Waals surface area contributed by atoms with Gasteiger partial charge in [0.05, 0.1) is 35.7 Å². The standard InChI is InChI=1S/C21H19F2N7O2/c1-2-18(31)30-10-13-6-14(30)9-29(13)17-4-3-16-19(28-17)20(26-11-25-16)27-12-5-15(8-24-7-12)32-21(22)23/h2-5,7-8,11,13-14,21H,1,6,9-10H2,(H,25,26,27)/t13-,14-/m0/s1. The number of ether oxygens (including phenoxy) is 1. The number of rotatable bonds is 6. The van der Waals surface area contributed by atoms with Crippen molar-refractivity contribution in [3.63, 3.8) is 0 Å². The Morgan fingerprint density at radius 1 is 1.25 bits per heavy atom. The minimum Gasteiger partial charge on any atom is -0.433 e. The molecule has 0 spiro atoms. The number of likely N-dealkylation sites (tertiary alicyclic amines) is 1. The minimum absolute atomic E-state index is 0.0461. The van der Waals surface area contributed by atoms with Crippen LogP contribution < -0.4 is 15.0 Å². The lowest BCUT2D eigenvalue weighted by Gasteiger charge is -2.34. The molecule has 0 aliphatic carbocycles. The maximum absolute atomic E-state index is 12.5. The summed E-state index contributed by atoms with van der Waals surface area (Å²) < 4.78 is 29.4. The average molecular weight is 439 g/mol. The van der Waals surface area contributed by atoms with Crippen LogP contribution in [-0.4, -0.2) is 62.5 Å². The summed E-state index contributed by atoms with van der Waals surface area (Å²) in [6, 6.07) is 5.48. The molecule has 2 atom stereocenters. The number of anilines is 3. The largest absolute Gasteiger partial charge is 0.433 e. The van der Waals surface area contributed by atoms with Crippen LogP contribution in [0.25, 0.3) is 11.0 Å². The lowest BCUT2D eigenvalue weighted by atomic mass is 10.2. The van der Waals surface area contributed by atoms with Crippen LogP contribution in [0, 0.1) is 0 Å². The third kappa shape index (κ3) is 3.66. The summed E-state index contributed by atoms with van der Waals surface area (Å²) in [5.41, 5.74) is 1.59. The summed E-state index contributed by atoms with van der Waals surface area (Å²) in [6.07, 6.45) is 6.31. The van der Waals surface area contributed by atoms with Gasteiger partial charge >= 0.3 is 6.61 Å². The molecule has 1 amide bonds. The van der Waals surface area contributed by atoms with Crippen molar-refractivity contribution in [3.8, 4) is 5.75 Å². The van der Waals surface area contributed by atoms with E-state index < -0.39 is 6.61 Å². The highest BCUT2D eigenvalue weighted by Gasteiger charge is 2.45. The number of piperazine rings is 1. The van der Waals surface area contributed by atoms with Gasteiger partial charge in [0.15, 0.2) is 5.82 Å². The van der Waals surface area contributed by atoms with Crippen molar-refractivity contribution in [1.29, 1.82) is 0 Å². The maximum Gasteiger partial charge on any atom is 0.387 e. The highest BCUT2D eigenvalue weighted by atomic mass is 19.3. The molecule has 2 aliphatic rings. The van der Waals surface area contributed by atoms with Crippen molar-refractivity contribution < 1.29 is 18.3 Å². The summed E-state index contributed by atoms with van der Waals surface area (Å²) >= 11 is 0. The van der Waals surface area contributed by atoms with Crippen LogP contribution in [0.3, 0.4) is 0 Å². The second kappa shape index (κ2) is 7.98. The monoisotopic (exact) mass is 439 g/mol. The third-order valence-corrected chi connectivity index (χ3v) is 5.66. The fourth-order valence-corrected chi connectivity index (χ4v) is 4.31. The molecule has 2 saturated heterocycles. The van der Waals surface area contributed by atoms with Crippen LogP contribution in [0.2, 0.25) is 0 Å². The molecule has 0 aromatic carbocycles. The molecule has 2 bridgehead atoms. The molecule has 2 fully saturated rings. The first kappa shape index (κ1) is 20.0. The Labute approximate surface area is 181 Å². The van der Waals surface area contributed by atoms with E-state index in [-0.39, 0.29) is 23.7 Å². The van der Waals surface area contributed by atoms with E-state index in [4.69, 9.17) is 4.98 Å². The van der Waals surface area contributed by atoms with Gasteiger partial charge in [-0.25, -0.2) is 15.0 Å². The number of carbonyl (C=O) groups is 1. The lowest BCUT2D eigenvalue weighted by Crippen LogP contribution is -2.48. The minimum atomic E-state index is -2.94. The molecule has 0 radical (unpaired) electrons. The van der Waals surface area contributed by atoms with Gasteiger partial charge in [0.1, 0.15) is 23.4 Å². The Morgan fingerprint density at radius 3 is 2.88 bits per heavy atom. The molecule has 3 aromatic rings. The number of nitrogens with one attached hydrogen (secondary N) is 1. The maximum atomic E-state index is 12.5. The Balaban J connectivity index is 1.41. The van der Waals surface area contributed by atoms with Gasteiger partial charge in [0.2, 0.25) is 5.91 Å². The van der Waals surface area contributed by atoms with Gasteiger partial charge in [-0.2, -0.15) is 8.78 Å². The van der Waals surface area contributed by atoms with Gasteiger partial charge in [-0.3, -0.25) is 9.78 Å². The molecule has 0 unspecified atom stereocenters. The number of aromatic nitrogens is 4. The van der Waals surface area contributed by atoms with E-state index in [1.165, 1.54) is 30.9 Å². The summed E-state index contributed by atoms with van der Waals surface area (Å²) in [5, 5.41) is 3.06. The first-order valence-electron chi connectivity index (χ1n) is 10.00. The van der Waals surface area contributed by atoms with Crippen molar-refractivity contribution in [2.75, 3.05) is 23.3 Å². The second-order valence-corrected chi connectivity index (χ2v) is 7.56. The Morgan fingerprint density at radius 2 is 2.12 bits per heavy atom. The number of hydrogen-bond donors (Lipinski definition) is 1. The fraction of sp³-hybridized carbons (Fsp3) is 0.286. The van der Waals surface area contributed by atoms with E-state index >= 15 is 0 Å². The Hall–Kier alpha value is -3.89. The molecule has 0 saturated carbocycles. The van der Waals surface area contributed by atoms with E-state index in [0.717, 1.165) is 12.2 Å². The van der Waals surface area contributed by atoms with E-state index in [0.29, 0.717) is 35.6 Å². The SMILES string of the molecule is C=CC(=O)N1C[C@@H]2C[C@H]1CN2c1ccc2ncnc(Nc3cncc(OC(F)F)c3)c2n1. The zero-order valence-corrected chi connectivity index (χ0v) is 16.9. The van der Waals surface area contributed by atoms with Gasteiger partial charge in [-0.05, 0) is 24.6 Å². The molecule has 1 N–H and O–H groups in total. The number of carbonyl (C=O) groups excluding carboxylic acids is 1. The molecule has 9 nitrogen and oxygen atoms in total. The molecule has 2 aliphatic heterocycles. The Kier molecular flexibility index (Phi) is 5.00. The van der Waals surface area contributed by atoms with E-state index in [1.54, 1.807) is 0 Å². The number of amides is 1. The highest BCUT2D eigenvalue weighted by Crippen LogP contribution is 2.35. The zero-order chi connectivity index (χ0) is 22.2. The molecule has 32 heavy (non-hydrogen) atoms. The van der Waals surface area contributed by atoms with Crippen molar-refractivity contribution in [3.05, 3.63) is 49.6 Å². The van der Waals surface area contributed by atoms with Crippen LogP contribution in [0.4, 0.5) is 26.1 Å². The molecule has 5 rings (SSSR count). The van der Waals surface area contributed by atoms with Crippen LogP contribution in [0.1, 0.15) is 6.42 Å². The van der Waals surface area contributed by atoms with Crippen molar-refractivity contribution in [2.45, 2.75) is 25.1 Å². The highest BCUT2D eigenvalue weighted by molar-refractivity contribution is 5.89. The van der Waals surface area contributed by atoms with Gasteiger partial charge in [-0.1, -0.05) is 6.58 Å². The predicted molar refractivity (Wildman–Crippen MR) is 113 cm³/mol. The number of halogens is 2.